The molecular formula is C62H39BrN2. The van der Waals surface area contributed by atoms with Gasteiger partial charge < -0.3 is 9.13 Å². The molecule has 0 bridgehead atoms. The van der Waals surface area contributed by atoms with Gasteiger partial charge in [-0.3, -0.25) is 0 Å². The van der Waals surface area contributed by atoms with Gasteiger partial charge in [0.05, 0.1) is 27.8 Å². The maximum atomic E-state index is 3.93. The van der Waals surface area contributed by atoms with Crippen LogP contribution in [0.25, 0.3) is 121 Å². The van der Waals surface area contributed by atoms with Crippen LogP contribution in [0.3, 0.4) is 0 Å². The Morgan fingerprint density at radius 2 is 0.769 bits per heavy atom. The average Bonchev–Trinajstić information content (AvgIpc) is 3.88. The monoisotopic (exact) mass is 890 g/mol. The van der Waals surface area contributed by atoms with Crippen molar-refractivity contribution in [2.24, 2.45) is 0 Å². The molecule has 13 aromatic rings. The second-order valence-corrected chi connectivity index (χ2v) is 18.0. The zero-order valence-electron chi connectivity index (χ0n) is 35.3. The molecular weight excluding hydrogens is 853 g/mol. The maximum Gasteiger partial charge on any atom is 0.0541 e. The Bertz CT molecular complexity index is 4000. The molecule has 3 heteroatoms. The summed E-state index contributed by atoms with van der Waals surface area (Å²) in [5.41, 5.74) is 16.7. The van der Waals surface area contributed by atoms with E-state index in [-0.39, 0.29) is 0 Å². The number of rotatable bonds is 6. The van der Waals surface area contributed by atoms with E-state index in [0.717, 1.165) is 10.2 Å². The molecule has 0 aliphatic carbocycles. The van der Waals surface area contributed by atoms with Crippen molar-refractivity contribution in [3.8, 4) is 55.9 Å². The second-order valence-electron chi connectivity index (χ2n) is 17.1. The van der Waals surface area contributed by atoms with Gasteiger partial charge in [-0.05, 0) is 140 Å². The summed E-state index contributed by atoms with van der Waals surface area (Å²) >= 11 is 3.93. The quantitative estimate of drug-likeness (QED) is 0.157. The molecule has 0 spiro atoms. The van der Waals surface area contributed by atoms with Crippen molar-refractivity contribution >= 4 is 81.1 Å². The second kappa shape index (κ2) is 15.1. The molecule has 0 radical (unpaired) electrons. The van der Waals surface area contributed by atoms with Crippen LogP contribution >= 0.6 is 15.9 Å². The van der Waals surface area contributed by atoms with E-state index in [4.69, 9.17) is 0 Å². The van der Waals surface area contributed by atoms with Gasteiger partial charge in [-0.25, -0.2) is 0 Å². The van der Waals surface area contributed by atoms with Crippen LogP contribution in [0.5, 0.6) is 0 Å². The highest BCUT2D eigenvalue weighted by atomic mass is 79.9. The number of hydrogen-bond acceptors (Lipinski definition) is 0. The fourth-order valence-corrected chi connectivity index (χ4v) is 10.8. The van der Waals surface area contributed by atoms with Crippen LogP contribution in [0.1, 0.15) is 0 Å². The van der Waals surface area contributed by atoms with Crippen molar-refractivity contribution in [2.45, 2.75) is 0 Å². The van der Waals surface area contributed by atoms with Crippen LogP contribution in [0, 0.1) is 0 Å². The zero-order valence-corrected chi connectivity index (χ0v) is 36.9. The van der Waals surface area contributed by atoms with E-state index < -0.39 is 0 Å². The van der Waals surface area contributed by atoms with Crippen molar-refractivity contribution in [3.63, 3.8) is 0 Å². The summed E-state index contributed by atoms with van der Waals surface area (Å²) in [5, 5.41) is 9.91. The number of halogens is 1. The number of hydrogen-bond donors (Lipinski definition) is 0. The van der Waals surface area contributed by atoms with Crippen LogP contribution in [0.15, 0.2) is 241 Å². The lowest BCUT2D eigenvalue weighted by Gasteiger charge is -2.15. The van der Waals surface area contributed by atoms with Gasteiger partial charge in [-0.2, -0.15) is 0 Å². The molecule has 0 N–H and O–H groups in total. The largest absolute Gasteiger partial charge is 0.309 e. The SMILES string of the molecule is Brc1cc(-c2ccc3c(c2)c2ccccc2n3-c2ccc(-c3ccccc3)cc2)cc(-c2ccc3c(c2)c2ccccc2n3-c2ccc(-c3ccc4ccccc4c3)c3ccccc23)c1. The average molecular weight is 892 g/mol. The van der Waals surface area contributed by atoms with Gasteiger partial charge in [0.15, 0.2) is 0 Å². The lowest BCUT2D eigenvalue weighted by atomic mass is 9.95. The van der Waals surface area contributed by atoms with Crippen LogP contribution in [-0.2, 0) is 0 Å². The summed E-state index contributed by atoms with van der Waals surface area (Å²) in [6, 6.07) is 86.7. The van der Waals surface area contributed by atoms with Crippen LogP contribution in [-0.4, -0.2) is 9.13 Å². The summed E-state index contributed by atoms with van der Waals surface area (Å²) in [6.45, 7) is 0. The molecule has 304 valence electrons. The van der Waals surface area contributed by atoms with Gasteiger partial charge in [0, 0.05) is 37.1 Å². The van der Waals surface area contributed by atoms with Gasteiger partial charge in [0.25, 0.3) is 0 Å². The highest BCUT2D eigenvalue weighted by Gasteiger charge is 2.18. The Morgan fingerprint density at radius 1 is 0.262 bits per heavy atom. The molecule has 0 aliphatic rings. The van der Waals surface area contributed by atoms with E-state index in [1.165, 1.54) is 115 Å². The first-order chi connectivity index (χ1) is 32.1. The van der Waals surface area contributed by atoms with Crippen molar-refractivity contribution in [3.05, 3.63) is 241 Å². The van der Waals surface area contributed by atoms with Crippen LogP contribution in [0.2, 0.25) is 0 Å². The summed E-state index contributed by atoms with van der Waals surface area (Å²) in [6.07, 6.45) is 0. The summed E-state index contributed by atoms with van der Waals surface area (Å²) in [5.74, 6) is 0. The van der Waals surface area contributed by atoms with E-state index >= 15 is 0 Å². The normalized spacial score (nSPS) is 11.8. The first kappa shape index (κ1) is 37.6. The van der Waals surface area contributed by atoms with Crippen molar-refractivity contribution in [1.82, 2.24) is 9.13 Å². The molecule has 0 saturated heterocycles. The molecule has 0 unspecified atom stereocenters. The lowest BCUT2D eigenvalue weighted by molar-refractivity contribution is 1.18. The first-order valence-corrected chi connectivity index (χ1v) is 23.0. The third kappa shape index (κ3) is 6.23. The predicted molar refractivity (Wildman–Crippen MR) is 280 cm³/mol. The van der Waals surface area contributed by atoms with Crippen molar-refractivity contribution in [2.75, 3.05) is 0 Å². The Labute approximate surface area is 385 Å². The minimum atomic E-state index is 1.05. The molecule has 0 fully saturated rings. The number of benzene rings is 11. The van der Waals surface area contributed by atoms with E-state index in [9.17, 15) is 0 Å². The van der Waals surface area contributed by atoms with E-state index in [1.54, 1.807) is 0 Å². The van der Waals surface area contributed by atoms with Crippen LogP contribution in [0.4, 0.5) is 0 Å². The first-order valence-electron chi connectivity index (χ1n) is 22.2. The van der Waals surface area contributed by atoms with Gasteiger partial charge in [-0.15, -0.1) is 0 Å². The van der Waals surface area contributed by atoms with Gasteiger partial charge in [0.2, 0.25) is 0 Å². The Hall–Kier alpha value is -7.98. The van der Waals surface area contributed by atoms with Gasteiger partial charge in [-0.1, -0.05) is 174 Å². The molecule has 0 saturated carbocycles. The smallest absolute Gasteiger partial charge is 0.0541 e. The molecule has 13 rings (SSSR count). The minimum absolute atomic E-state index is 1.05. The van der Waals surface area contributed by atoms with E-state index in [1.807, 2.05) is 0 Å². The molecule has 0 aliphatic heterocycles. The van der Waals surface area contributed by atoms with Crippen molar-refractivity contribution in [1.29, 1.82) is 0 Å². The summed E-state index contributed by atoms with van der Waals surface area (Å²) < 4.78 is 5.89. The lowest BCUT2D eigenvalue weighted by Crippen LogP contribution is -1.96. The molecule has 65 heavy (non-hydrogen) atoms. The highest BCUT2D eigenvalue weighted by molar-refractivity contribution is 9.10. The topological polar surface area (TPSA) is 9.86 Å². The van der Waals surface area contributed by atoms with Gasteiger partial charge in [0.1, 0.15) is 0 Å². The molecule has 2 nitrogen and oxygen atoms in total. The van der Waals surface area contributed by atoms with Crippen LogP contribution < -0.4 is 0 Å². The number of para-hydroxylation sites is 2. The number of aromatic nitrogens is 2. The molecule has 0 amide bonds. The maximum absolute atomic E-state index is 3.93. The fourth-order valence-electron chi connectivity index (χ4n) is 10.3. The third-order valence-corrected chi connectivity index (χ3v) is 13.8. The minimum Gasteiger partial charge on any atom is -0.309 e. The Kier molecular flexibility index (Phi) is 8.72. The molecule has 2 aromatic heterocycles. The van der Waals surface area contributed by atoms with Crippen molar-refractivity contribution < 1.29 is 0 Å². The Morgan fingerprint density at radius 3 is 1.46 bits per heavy atom. The molecule has 0 atom stereocenters. The van der Waals surface area contributed by atoms with Gasteiger partial charge >= 0.3 is 0 Å². The number of fused-ring (bicyclic) bond motifs is 8. The summed E-state index contributed by atoms with van der Waals surface area (Å²) in [4.78, 5) is 0. The third-order valence-electron chi connectivity index (χ3n) is 13.3. The van der Waals surface area contributed by atoms with E-state index in [2.05, 4.69) is 262 Å². The Balaban J connectivity index is 0.906. The predicted octanol–water partition coefficient (Wildman–Crippen LogP) is 17.6. The molecule has 2 heterocycles. The zero-order chi connectivity index (χ0) is 43.0. The highest BCUT2D eigenvalue weighted by Crippen LogP contribution is 2.42. The fraction of sp³-hybridized carbons (Fsp3) is 0. The molecule has 11 aromatic carbocycles. The summed E-state index contributed by atoms with van der Waals surface area (Å²) in [7, 11) is 0. The number of nitrogens with zero attached hydrogens (tertiary/aromatic N) is 2. The standard InChI is InChI=1S/C62H39BrN2/c63-49-36-47(44-26-31-61-56(38-44)54-18-8-10-20-58(54)64(61)50-28-24-42(25-29-50)40-12-2-1-3-13-40)35-48(37-49)45-27-32-62-57(39-45)55-19-9-11-21-59(55)65(62)60-33-30-51(52-16-6-7-17-53(52)60)46-23-22-41-14-4-5-15-43(41)34-46/h1-39H. The van der Waals surface area contributed by atoms with E-state index in [0.29, 0.717) is 0 Å².